The number of aromatic nitrogens is 2. The molecule has 1 atom stereocenters. The highest BCUT2D eigenvalue weighted by Gasteiger charge is 2.16. The van der Waals surface area contributed by atoms with Crippen molar-refractivity contribution in [2.45, 2.75) is 33.7 Å². The van der Waals surface area contributed by atoms with E-state index in [9.17, 15) is 9.59 Å². The summed E-state index contributed by atoms with van der Waals surface area (Å²) in [6, 6.07) is 7.40. The number of aryl methyl sites for hydroxylation is 3. The molecule has 1 aromatic carbocycles. The predicted octanol–water partition coefficient (Wildman–Crippen LogP) is 1.89. The van der Waals surface area contributed by atoms with Crippen molar-refractivity contribution in [1.29, 1.82) is 0 Å². The standard InChI is InChI=1S/C17H21N3O3/c1-10-5-7-14(8-6-10)23-9-11(2)18-16(21)15-17(22)20-13(4)12(3)19-15/h5-8,11H,9H2,1-4H3,(H,18,21)(H,20,22)/t11-/m1/s1. The molecule has 23 heavy (non-hydrogen) atoms. The maximum Gasteiger partial charge on any atom is 0.279 e. The molecule has 0 radical (unpaired) electrons. The Morgan fingerprint density at radius 3 is 2.57 bits per heavy atom. The maximum atomic E-state index is 12.1. The normalized spacial score (nSPS) is 11.8. The number of benzene rings is 1. The van der Waals surface area contributed by atoms with E-state index in [0.29, 0.717) is 18.0 Å². The SMILES string of the molecule is Cc1ccc(OC[C@@H](C)NC(=O)c2nc(C)c(C)[nH]c2=O)cc1. The van der Waals surface area contributed by atoms with Gasteiger partial charge in [0.2, 0.25) is 0 Å². The number of carbonyl (C=O) groups excluding carboxylic acids is 1. The minimum absolute atomic E-state index is 0.129. The molecule has 6 nitrogen and oxygen atoms in total. The van der Waals surface area contributed by atoms with Crippen LogP contribution in [0.5, 0.6) is 5.75 Å². The maximum absolute atomic E-state index is 12.1. The van der Waals surface area contributed by atoms with Crippen molar-refractivity contribution in [1.82, 2.24) is 15.3 Å². The van der Waals surface area contributed by atoms with Crippen molar-refractivity contribution >= 4 is 5.91 Å². The fraction of sp³-hybridized carbons (Fsp3) is 0.353. The molecular formula is C17H21N3O3. The highest BCUT2D eigenvalue weighted by atomic mass is 16.5. The van der Waals surface area contributed by atoms with E-state index < -0.39 is 11.5 Å². The van der Waals surface area contributed by atoms with Crippen LogP contribution in [0.15, 0.2) is 29.1 Å². The van der Waals surface area contributed by atoms with Gasteiger partial charge in [0.15, 0.2) is 5.69 Å². The second kappa shape index (κ2) is 7.09. The van der Waals surface area contributed by atoms with E-state index in [-0.39, 0.29) is 11.7 Å². The van der Waals surface area contributed by atoms with Gasteiger partial charge in [0, 0.05) is 5.69 Å². The van der Waals surface area contributed by atoms with Gasteiger partial charge >= 0.3 is 0 Å². The number of carbonyl (C=O) groups is 1. The average Bonchev–Trinajstić information content (AvgIpc) is 2.50. The third kappa shape index (κ3) is 4.42. The van der Waals surface area contributed by atoms with Crippen LogP contribution in [0.25, 0.3) is 0 Å². The summed E-state index contributed by atoms with van der Waals surface area (Å²) in [7, 11) is 0. The van der Waals surface area contributed by atoms with Crippen molar-refractivity contribution in [2.24, 2.45) is 0 Å². The van der Waals surface area contributed by atoms with E-state index >= 15 is 0 Å². The Morgan fingerprint density at radius 1 is 1.26 bits per heavy atom. The highest BCUT2D eigenvalue weighted by Crippen LogP contribution is 2.11. The molecule has 122 valence electrons. The third-order valence-electron chi connectivity index (χ3n) is 3.45. The van der Waals surface area contributed by atoms with Gasteiger partial charge in [-0.3, -0.25) is 9.59 Å². The third-order valence-corrected chi connectivity index (χ3v) is 3.45. The molecule has 1 heterocycles. The van der Waals surface area contributed by atoms with E-state index in [1.54, 1.807) is 20.8 Å². The van der Waals surface area contributed by atoms with E-state index in [0.717, 1.165) is 11.3 Å². The molecular weight excluding hydrogens is 294 g/mol. The monoisotopic (exact) mass is 315 g/mol. The molecule has 2 N–H and O–H groups in total. The van der Waals surface area contributed by atoms with Gasteiger partial charge in [-0.05, 0) is 39.8 Å². The van der Waals surface area contributed by atoms with Gasteiger partial charge in [-0.1, -0.05) is 17.7 Å². The molecule has 2 aromatic rings. The number of nitrogens with one attached hydrogen (secondary N) is 2. The summed E-state index contributed by atoms with van der Waals surface area (Å²) in [5, 5.41) is 2.72. The summed E-state index contributed by atoms with van der Waals surface area (Å²) >= 11 is 0. The van der Waals surface area contributed by atoms with Crippen LogP contribution in [0.2, 0.25) is 0 Å². The molecule has 1 aromatic heterocycles. The fourth-order valence-corrected chi connectivity index (χ4v) is 1.97. The van der Waals surface area contributed by atoms with Crippen LogP contribution in [0.1, 0.15) is 34.4 Å². The Morgan fingerprint density at radius 2 is 1.91 bits per heavy atom. The molecule has 2 rings (SSSR count). The van der Waals surface area contributed by atoms with Gasteiger partial charge < -0.3 is 15.0 Å². The van der Waals surface area contributed by atoms with Gasteiger partial charge in [0.05, 0.1) is 11.7 Å². The van der Waals surface area contributed by atoms with Crippen molar-refractivity contribution < 1.29 is 9.53 Å². The van der Waals surface area contributed by atoms with Crippen LogP contribution in [0.3, 0.4) is 0 Å². The van der Waals surface area contributed by atoms with Crippen LogP contribution < -0.4 is 15.6 Å². The van der Waals surface area contributed by atoms with Gasteiger partial charge in [-0.25, -0.2) is 4.98 Å². The molecule has 0 aliphatic heterocycles. The lowest BCUT2D eigenvalue weighted by Gasteiger charge is -2.15. The van der Waals surface area contributed by atoms with Crippen LogP contribution in [0.4, 0.5) is 0 Å². The summed E-state index contributed by atoms with van der Waals surface area (Å²) in [5.41, 5.74) is 1.81. The zero-order valence-corrected chi connectivity index (χ0v) is 13.8. The Labute approximate surface area is 134 Å². The smallest absolute Gasteiger partial charge is 0.279 e. The molecule has 0 spiro atoms. The van der Waals surface area contributed by atoms with Crippen LogP contribution in [-0.4, -0.2) is 28.5 Å². The summed E-state index contributed by atoms with van der Waals surface area (Å²) in [6.07, 6.45) is 0. The number of amides is 1. The molecule has 0 aliphatic rings. The highest BCUT2D eigenvalue weighted by molar-refractivity contribution is 5.92. The topological polar surface area (TPSA) is 84.1 Å². The van der Waals surface area contributed by atoms with E-state index in [2.05, 4.69) is 15.3 Å². The summed E-state index contributed by atoms with van der Waals surface area (Å²) in [5.74, 6) is 0.230. The first-order valence-corrected chi connectivity index (χ1v) is 7.44. The number of hydrogen-bond acceptors (Lipinski definition) is 4. The van der Waals surface area contributed by atoms with Gasteiger partial charge in [-0.2, -0.15) is 0 Å². The van der Waals surface area contributed by atoms with Gasteiger partial charge in [0.1, 0.15) is 12.4 Å². The summed E-state index contributed by atoms with van der Waals surface area (Å²) in [4.78, 5) is 30.6. The molecule has 0 fully saturated rings. The minimum atomic E-state index is -0.505. The Bertz CT molecular complexity index is 751. The van der Waals surface area contributed by atoms with Gasteiger partial charge in [0.25, 0.3) is 11.5 Å². The van der Waals surface area contributed by atoms with Crippen LogP contribution >= 0.6 is 0 Å². The zero-order valence-electron chi connectivity index (χ0n) is 13.8. The molecule has 0 saturated carbocycles. The second-order valence-corrected chi connectivity index (χ2v) is 5.62. The lowest BCUT2D eigenvalue weighted by atomic mass is 10.2. The molecule has 0 saturated heterocycles. The summed E-state index contributed by atoms with van der Waals surface area (Å²) < 4.78 is 5.61. The average molecular weight is 315 g/mol. The van der Waals surface area contributed by atoms with Crippen molar-refractivity contribution in [3.05, 3.63) is 57.3 Å². The molecule has 0 bridgehead atoms. The van der Waals surface area contributed by atoms with Gasteiger partial charge in [-0.15, -0.1) is 0 Å². The first-order valence-electron chi connectivity index (χ1n) is 7.44. The number of hydrogen-bond donors (Lipinski definition) is 2. The van der Waals surface area contributed by atoms with Crippen LogP contribution in [-0.2, 0) is 0 Å². The predicted molar refractivity (Wildman–Crippen MR) is 87.9 cm³/mol. The number of rotatable bonds is 5. The van der Waals surface area contributed by atoms with Crippen molar-refractivity contribution in [3.63, 3.8) is 0 Å². The number of H-pyrrole nitrogens is 1. The first-order chi connectivity index (χ1) is 10.9. The zero-order chi connectivity index (χ0) is 17.0. The lowest BCUT2D eigenvalue weighted by Crippen LogP contribution is -2.40. The first kappa shape index (κ1) is 16.7. The van der Waals surface area contributed by atoms with Crippen LogP contribution in [0, 0.1) is 20.8 Å². The van der Waals surface area contributed by atoms with E-state index in [1.807, 2.05) is 31.2 Å². The Kier molecular flexibility index (Phi) is 5.16. The number of nitrogens with zero attached hydrogens (tertiary/aromatic N) is 1. The molecule has 0 aliphatic carbocycles. The number of aromatic amines is 1. The quantitative estimate of drug-likeness (QED) is 0.882. The molecule has 6 heteroatoms. The van der Waals surface area contributed by atoms with E-state index in [4.69, 9.17) is 4.74 Å². The summed E-state index contributed by atoms with van der Waals surface area (Å²) in [6.45, 7) is 7.59. The fourth-order valence-electron chi connectivity index (χ4n) is 1.97. The largest absolute Gasteiger partial charge is 0.491 e. The molecule has 1 amide bonds. The van der Waals surface area contributed by atoms with Crippen molar-refractivity contribution in [2.75, 3.05) is 6.61 Å². The van der Waals surface area contributed by atoms with Crippen molar-refractivity contribution in [3.8, 4) is 5.75 Å². The lowest BCUT2D eigenvalue weighted by molar-refractivity contribution is 0.0919. The minimum Gasteiger partial charge on any atom is -0.491 e. The number of ether oxygens (including phenoxy) is 1. The second-order valence-electron chi connectivity index (χ2n) is 5.62. The Hall–Kier alpha value is -2.63. The molecule has 0 unspecified atom stereocenters. The Balaban J connectivity index is 1.96. The van der Waals surface area contributed by atoms with E-state index in [1.165, 1.54) is 0 Å².